The van der Waals surface area contributed by atoms with Gasteiger partial charge in [0.2, 0.25) is 5.95 Å². The Kier molecular flexibility index (Phi) is 5.98. The van der Waals surface area contributed by atoms with E-state index in [0.717, 1.165) is 0 Å². The zero-order valence-electron chi connectivity index (χ0n) is 16.2. The molecule has 0 saturated carbocycles. The van der Waals surface area contributed by atoms with Gasteiger partial charge in [-0.05, 0) is 32.9 Å². The number of nitrogens with zero attached hydrogens (tertiary/aromatic N) is 2. The molecule has 29 heavy (non-hydrogen) atoms. The van der Waals surface area contributed by atoms with E-state index in [0.29, 0.717) is 33.0 Å². The summed E-state index contributed by atoms with van der Waals surface area (Å²) in [5.74, 6) is -0.965. The molecule has 0 unspecified atom stereocenters. The average molecular weight is 414 g/mol. The number of rotatable bonds is 7. The van der Waals surface area contributed by atoms with Crippen LogP contribution in [0.5, 0.6) is 5.75 Å². The fourth-order valence-corrected chi connectivity index (χ4v) is 3.22. The summed E-state index contributed by atoms with van der Waals surface area (Å²) in [5, 5.41) is 13.3. The Balaban J connectivity index is 2.34. The Bertz CT molecular complexity index is 1100. The van der Waals surface area contributed by atoms with Crippen LogP contribution < -0.4 is 10.1 Å². The lowest BCUT2D eigenvalue weighted by Crippen LogP contribution is -2.15. The van der Waals surface area contributed by atoms with Crippen LogP contribution in [0.15, 0.2) is 36.5 Å². The molecule has 8 heteroatoms. The van der Waals surface area contributed by atoms with Crippen molar-refractivity contribution in [1.82, 2.24) is 9.97 Å². The third kappa shape index (κ3) is 4.46. The van der Waals surface area contributed by atoms with Gasteiger partial charge in [-0.1, -0.05) is 29.8 Å². The first-order valence-corrected chi connectivity index (χ1v) is 9.36. The maximum absolute atomic E-state index is 12.6. The lowest BCUT2D eigenvalue weighted by atomic mass is 9.96. The predicted octanol–water partition coefficient (Wildman–Crippen LogP) is 4.44. The lowest BCUT2D eigenvalue weighted by Gasteiger charge is -2.17. The standard InChI is InChI=1S/C21H20ClN3O4/c1-11(2)24-21-23-9-13-8-15(14-6-4-5-7-16(14)22)20(29-10-17(27)28)18(12(3)26)19(13)25-21/h4-9,11H,10H2,1-3H3,(H,27,28)(H,23,24,25). The van der Waals surface area contributed by atoms with Crippen molar-refractivity contribution in [3.63, 3.8) is 0 Å². The van der Waals surface area contributed by atoms with Gasteiger partial charge in [0.15, 0.2) is 12.4 Å². The van der Waals surface area contributed by atoms with Crippen molar-refractivity contribution < 1.29 is 19.4 Å². The number of carboxylic acid groups (broad SMARTS) is 1. The molecule has 0 radical (unpaired) electrons. The zero-order valence-corrected chi connectivity index (χ0v) is 16.9. The predicted molar refractivity (Wildman–Crippen MR) is 112 cm³/mol. The van der Waals surface area contributed by atoms with Gasteiger partial charge < -0.3 is 15.2 Å². The molecule has 0 amide bonds. The summed E-state index contributed by atoms with van der Waals surface area (Å²) in [6, 6.07) is 8.91. The summed E-state index contributed by atoms with van der Waals surface area (Å²) < 4.78 is 5.57. The SMILES string of the molecule is CC(=O)c1c(OCC(=O)O)c(-c2ccccc2Cl)cc2cnc(NC(C)C)nc12. The number of anilines is 1. The second kappa shape index (κ2) is 8.45. The lowest BCUT2D eigenvalue weighted by molar-refractivity contribution is -0.139. The summed E-state index contributed by atoms with van der Waals surface area (Å²) in [4.78, 5) is 32.5. The number of hydrogen-bond donors (Lipinski definition) is 2. The Labute approximate surface area is 172 Å². The summed E-state index contributed by atoms with van der Waals surface area (Å²) in [6.07, 6.45) is 1.61. The maximum atomic E-state index is 12.6. The Hall–Kier alpha value is -3.19. The van der Waals surface area contributed by atoms with Crippen LogP contribution in [-0.4, -0.2) is 39.5 Å². The monoisotopic (exact) mass is 413 g/mol. The molecular weight excluding hydrogens is 394 g/mol. The topological polar surface area (TPSA) is 101 Å². The van der Waals surface area contributed by atoms with Gasteiger partial charge in [-0.3, -0.25) is 4.79 Å². The molecule has 0 atom stereocenters. The number of ether oxygens (including phenoxy) is 1. The van der Waals surface area contributed by atoms with Crippen molar-refractivity contribution in [3.8, 4) is 16.9 Å². The molecule has 0 spiro atoms. The van der Waals surface area contributed by atoms with E-state index in [2.05, 4.69) is 15.3 Å². The first-order chi connectivity index (χ1) is 13.8. The number of fused-ring (bicyclic) bond motifs is 1. The first-order valence-electron chi connectivity index (χ1n) is 8.98. The molecule has 2 aromatic carbocycles. The highest BCUT2D eigenvalue weighted by atomic mass is 35.5. The molecular formula is C21H20ClN3O4. The smallest absolute Gasteiger partial charge is 0.341 e. The van der Waals surface area contributed by atoms with Crippen LogP contribution in [0, 0.1) is 0 Å². The molecule has 1 aromatic heterocycles. The second-order valence-corrected chi connectivity index (χ2v) is 7.18. The van der Waals surface area contributed by atoms with E-state index in [9.17, 15) is 9.59 Å². The van der Waals surface area contributed by atoms with Crippen LogP contribution in [0.25, 0.3) is 22.0 Å². The van der Waals surface area contributed by atoms with Gasteiger partial charge in [0.05, 0.1) is 11.1 Å². The number of aliphatic carboxylic acids is 1. The van der Waals surface area contributed by atoms with Crippen molar-refractivity contribution >= 4 is 40.2 Å². The first kappa shape index (κ1) is 20.5. The summed E-state index contributed by atoms with van der Waals surface area (Å²) in [5.41, 5.74) is 1.69. The van der Waals surface area contributed by atoms with E-state index in [1.54, 1.807) is 36.5 Å². The van der Waals surface area contributed by atoms with Crippen molar-refractivity contribution in [2.45, 2.75) is 26.8 Å². The average Bonchev–Trinajstić information content (AvgIpc) is 2.65. The molecule has 0 bridgehead atoms. The van der Waals surface area contributed by atoms with E-state index in [1.807, 2.05) is 13.8 Å². The Morgan fingerprint density at radius 2 is 1.97 bits per heavy atom. The van der Waals surface area contributed by atoms with Gasteiger partial charge in [-0.2, -0.15) is 0 Å². The Morgan fingerprint density at radius 3 is 2.59 bits per heavy atom. The minimum atomic E-state index is -1.16. The van der Waals surface area contributed by atoms with Crippen LogP contribution in [0.3, 0.4) is 0 Å². The number of carbonyl (C=O) groups is 2. The molecule has 150 valence electrons. The Morgan fingerprint density at radius 1 is 1.24 bits per heavy atom. The maximum Gasteiger partial charge on any atom is 0.341 e. The van der Waals surface area contributed by atoms with E-state index in [-0.39, 0.29) is 23.1 Å². The second-order valence-electron chi connectivity index (χ2n) is 6.78. The molecule has 3 rings (SSSR count). The highest BCUT2D eigenvalue weighted by Gasteiger charge is 2.23. The fourth-order valence-electron chi connectivity index (χ4n) is 2.98. The minimum absolute atomic E-state index is 0.0957. The third-order valence-corrected chi connectivity index (χ3v) is 4.43. The van der Waals surface area contributed by atoms with Crippen LogP contribution in [0.2, 0.25) is 5.02 Å². The molecule has 0 aliphatic heterocycles. The fraction of sp³-hybridized carbons (Fsp3) is 0.238. The van der Waals surface area contributed by atoms with Gasteiger partial charge in [-0.25, -0.2) is 14.8 Å². The number of ketones is 1. The van der Waals surface area contributed by atoms with Gasteiger partial charge >= 0.3 is 5.97 Å². The van der Waals surface area contributed by atoms with Gasteiger partial charge in [0, 0.05) is 33.8 Å². The highest BCUT2D eigenvalue weighted by molar-refractivity contribution is 6.33. The number of carbonyl (C=O) groups excluding carboxylic acids is 1. The minimum Gasteiger partial charge on any atom is -0.480 e. The molecule has 0 aliphatic rings. The van der Waals surface area contributed by atoms with Crippen molar-refractivity contribution in [3.05, 3.63) is 47.1 Å². The number of carboxylic acids is 1. The number of nitrogens with one attached hydrogen (secondary N) is 1. The summed E-state index contributed by atoms with van der Waals surface area (Å²) in [6.45, 7) is 4.67. The van der Waals surface area contributed by atoms with Gasteiger partial charge in [0.25, 0.3) is 0 Å². The largest absolute Gasteiger partial charge is 0.480 e. The molecule has 0 saturated heterocycles. The third-order valence-electron chi connectivity index (χ3n) is 4.10. The molecule has 2 N–H and O–H groups in total. The quantitative estimate of drug-likeness (QED) is 0.552. The summed E-state index contributed by atoms with van der Waals surface area (Å²) in [7, 11) is 0. The zero-order chi connectivity index (χ0) is 21.1. The van der Waals surface area contributed by atoms with Gasteiger partial charge in [-0.15, -0.1) is 0 Å². The normalized spacial score (nSPS) is 10.9. The molecule has 0 fully saturated rings. The van der Waals surface area contributed by atoms with Crippen LogP contribution in [0.1, 0.15) is 31.1 Å². The van der Waals surface area contributed by atoms with E-state index in [1.165, 1.54) is 6.92 Å². The number of halogens is 1. The molecule has 1 heterocycles. The van der Waals surface area contributed by atoms with E-state index in [4.69, 9.17) is 21.4 Å². The van der Waals surface area contributed by atoms with Gasteiger partial charge in [0.1, 0.15) is 5.75 Å². The molecule has 3 aromatic rings. The summed E-state index contributed by atoms with van der Waals surface area (Å²) >= 11 is 6.36. The van der Waals surface area contributed by atoms with E-state index < -0.39 is 12.6 Å². The van der Waals surface area contributed by atoms with E-state index >= 15 is 0 Å². The van der Waals surface area contributed by atoms with Crippen molar-refractivity contribution in [2.24, 2.45) is 0 Å². The molecule has 7 nitrogen and oxygen atoms in total. The number of aromatic nitrogens is 2. The number of Topliss-reactive ketones (excluding diaryl/α,β-unsaturated/α-hetero) is 1. The number of hydrogen-bond acceptors (Lipinski definition) is 6. The highest BCUT2D eigenvalue weighted by Crippen LogP contribution is 2.41. The van der Waals surface area contributed by atoms with Crippen LogP contribution in [-0.2, 0) is 4.79 Å². The van der Waals surface area contributed by atoms with Crippen molar-refractivity contribution in [2.75, 3.05) is 11.9 Å². The molecule has 0 aliphatic carbocycles. The van der Waals surface area contributed by atoms with Crippen molar-refractivity contribution in [1.29, 1.82) is 0 Å². The van der Waals surface area contributed by atoms with Crippen LogP contribution in [0.4, 0.5) is 5.95 Å². The number of benzene rings is 2. The van der Waals surface area contributed by atoms with Crippen LogP contribution >= 0.6 is 11.6 Å².